The number of carbonyl (C=O) groups excluding carboxylic acids is 1. The number of benzene rings is 1. The number of hydrogen-bond acceptors (Lipinski definition) is 7. The first-order valence-electron chi connectivity index (χ1n) is 9.51. The topological polar surface area (TPSA) is 107 Å². The summed E-state index contributed by atoms with van der Waals surface area (Å²) in [5.74, 6) is -0.319. The van der Waals surface area contributed by atoms with Gasteiger partial charge in [-0.2, -0.15) is 5.26 Å². The molecule has 4 rings (SSSR count). The largest absolute Gasteiger partial charge is 0.443 e. The second-order valence-corrected chi connectivity index (χ2v) is 8.21. The first kappa shape index (κ1) is 19.8. The molecular weight excluding hydrogens is 395 g/mol. The van der Waals surface area contributed by atoms with E-state index in [0.29, 0.717) is 34.0 Å². The van der Waals surface area contributed by atoms with E-state index in [-0.39, 0.29) is 18.4 Å². The highest BCUT2D eigenvalue weighted by Crippen LogP contribution is 2.35. The van der Waals surface area contributed by atoms with Crippen LogP contribution in [0.4, 0.5) is 4.39 Å². The number of ether oxygens (including phenoxy) is 1. The van der Waals surface area contributed by atoms with Crippen LogP contribution in [-0.4, -0.2) is 40.9 Å². The number of aliphatic hydroxyl groups is 1. The van der Waals surface area contributed by atoms with Crippen LogP contribution in [0, 0.1) is 23.1 Å². The van der Waals surface area contributed by atoms with Gasteiger partial charge in [-0.3, -0.25) is 4.79 Å². The van der Waals surface area contributed by atoms with E-state index < -0.39 is 18.7 Å². The number of piperidine rings is 1. The van der Waals surface area contributed by atoms with Crippen LogP contribution in [0.1, 0.15) is 24.8 Å². The Morgan fingerprint density at radius 2 is 2.38 bits per heavy atom. The molecule has 1 aliphatic heterocycles. The van der Waals surface area contributed by atoms with Crippen molar-refractivity contribution >= 4 is 17.2 Å². The van der Waals surface area contributed by atoms with Gasteiger partial charge < -0.3 is 20.5 Å². The van der Waals surface area contributed by atoms with Gasteiger partial charge in [0.05, 0.1) is 17.8 Å². The Labute approximate surface area is 171 Å². The monoisotopic (exact) mass is 416 g/mol. The quantitative estimate of drug-likeness (QED) is 0.596. The van der Waals surface area contributed by atoms with E-state index in [2.05, 4.69) is 21.7 Å². The fourth-order valence-corrected chi connectivity index (χ4v) is 4.82. The predicted molar refractivity (Wildman–Crippen MR) is 105 cm³/mol. The van der Waals surface area contributed by atoms with E-state index in [1.54, 1.807) is 17.5 Å². The summed E-state index contributed by atoms with van der Waals surface area (Å²) in [4.78, 5) is 16.7. The van der Waals surface area contributed by atoms with Gasteiger partial charge in [0.1, 0.15) is 11.9 Å². The zero-order valence-electron chi connectivity index (χ0n) is 15.6. The minimum absolute atomic E-state index is 0.0884. The summed E-state index contributed by atoms with van der Waals surface area (Å²) in [7, 11) is 0. The van der Waals surface area contributed by atoms with Crippen LogP contribution in [0.5, 0.6) is 5.19 Å². The zero-order valence-corrected chi connectivity index (χ0v) is 16.4. The minimum atomic E-state index is -0.799. The number of halogens is 1. The maximum Gasteiger partial charge on any atom is 0.275 e. The maximum atomic E-state index is 14.6. The molecule has 2 aromatic rings. The number of thiazole rings is 1. The van der Waals surface area contributed by atoms with E-state index >= 15 is 0 Å². The number of aromatic nitrogens is 1. The molecule has 0 radical (unpaired) electrons. The predicted octanol–water partition coefficient (Wildman–Crippen LogP) is 1.97. The van der Waals surface area contributed by atoms with Crippen molar-refractivity contribution in [1.29, 1.82) is 5.26 Å². The third-order valence-corrected chi connectivity index (χ3v) is 6.31. The number of fused-ring (bicyclic) bond motifs is 2. The molecule has 3 N–H and O–H groups in total. The number of amides is 1. The lowest BCUT2D eigenvalue weighted by molar-refractivity contribution is -0.124. The van der Waals surface area contributed by atoms with Crippen molar-refractivity contribution in [3.63, 3.8) is 0 Å². The van der Waals surface area contributed by atoms with Crippen LogP contribution in [0.25, 0.3) is 11.3 Å². The van der Waals surface area contributed by atoms with Crippen LogP contribution in [0.15, 0.2) is 23.6 Å². The van der Waals surface area contributed by atoms with Gasteiger partial charge in [-0.05, 0) is 36.8 Å². The second kappa shape index (κ2) is 8.45. The SMILES string of the molecule is N#C[C@H](Cc1ccc(-c2csc(OCO)n2)cc1F)NC(=O)[C@H]1N[C@@H]2CC[C@H]1C2. The molecular formula is C20H21FN4O3S. The van der Waals surface area contributed by atoms with Gasteiger partial charge in [0.2, 0.25) is 5.91 Å². The molecule has 1 aromatic heterocycles. The molecule has 2 heterocycles. The molecule has 2 aliphatic rings. The van der Waals surface area contributed by atoms with E-state index in [1.807, 2.05) is 0 Å². The third kappa shape index (κ3) is 4.24. The second-order valence-electron chi connectivity index (χ2n) is 7.39. The zero-order chi connectivity index (χ0) is 20.4. The van der Waals surface area contributed by atoms with Crippen molar-refractivity contribution in [3.05, 3.63) is 35.0 Å². The van der Waals surface area contributed by atoms with E-state index in [9.17, 15) is 14.4 Å². The number of nitrogens with zero attached hydrogens (tertiary/aromatic N) is 2. The fourth-order valence-electron chi connectivity index (χ4n) is 4.14. The summed E-state index contributed by atoms with van der Waals surface area (Å²) < 4.78 is 19.5. The summed E-state index contributed by atoms with van der Waals surface area (Å²) in [6, 6.07) is 6.07. The Morgan fingerprint density at radius 3 is 3.03 bits per heavy atom. The molecule has 2 fully saturated rings. The molecule has 1 amide bonds. The molecule has 1 saturated heterocycles. The Bertz CT molecular complexity index is 944. The lowest BCUT2D eigenvalue weighted by Gasteiger charge is -2.23. The summed E-state index contributed by atoms with van der Waals surface area (Å²) in [6.07, 6.45) is 3.23. The molecule has 1 aromatic carbocycles. The smallest absolute Gasteiger partial charge is 0.275 e. The molecule has 9 heteroatoms. The van der Waals surface area contributed by atoms with Crippen LogP contribution in [-0.2, 0) is 11.2 Å². The Kier molecular flexibility index (Phi) is 5.76. The van der Waals surface area contributed by atoms with Crippen molar-refractivity contribution in [1.82, 2.24) is 15.6 Å². The molecule has 2 bridgehead atoms. The molecule has 29 heavy (non-hydrogen) atoms. The van der Waals surface area contributed by atoms with Gasteiger partial charge in [0.25, 0.3) is 5.19 Å². The summed E-state index contributed by atoms with van der Waals surface area (Å²) in [5.41, 5.74) is 1.46. The minimum Gasteiger partial charge on any atom is -0.443 e. The average molecular weight is 416 g/mol. The van der Waals surface area contributed by atoms with Gasteiger partial charge in [-0.1, -0.05) is 23.5 Å². The molecule has 152 valence electrons. The first-order valence-corrected chi connectivity index (χ1v) is 10.4. The lowest BCUT2D eigenvalue weighted by atomic mass is 9.98. The standard InChI is InChI=1S/C20H21FN4O3S/c21-16-7-12(17-9-29-20(25-17)28-10-26)2-1-11(16)5-15(8-22)24-19(27)18-13-3-4-14(6-13)23-18/h1-2,7,9,13-15,18,23,26H,3-6,10H2,(H,24,27)/t13-,14+,15-,18-/m0/s1. The van der Waals surface area contributed by atoms with Crippen molar-refractivity contribution < 1.29 is 19.0 Å². The fraction of sp³-hybridized carbons (Fsp3) is 0.450. The van der Waals surface area contributed by atoms with Crippen LogP contribution in [0.3, 0.4) is 0 Å². The molecule has 1 saturated carbocycles. The normalized spacial score (nSPS) is 23.6. The molecule has 4 atom stereocenters. The highest BCUT2D eigenvalue weighted by Gasteiger charge is 2.43. The van der Waals surface area contributed by atoms with Crippen LogP contribution in [0.2, 0.25) is 0 Å². The van der Waals surface area contributed by atoms with E-state index in [0.717, 1.165) is 19.3 Å². The maximum absolute atomic E-state index is 14.6. The van der Waals surface area contributed by atoms with Crippen molar-refractivity contribution in [2.75, 3.05) is 6.79 Å². The van der Waals surface area contributed by atoms with Crippen molar-refractivity contribution in [3.8, 4) is 22.5 Å². The molecule has 0 unspecified atom stereocenters. The number of nitrogens with one attached hydrogen (secondary N) is 2. The highest BCUT2D eigenvalue weighted by atomic mass is 32.1. The van der Waals surface area contributed by atoms with E-state index in [4.69, 9.17) is 9.84 Å². The Balaban J connectivity index is 1.41. The van der Waals surface area contributed by atoms with E-state index in [1.165, 1.54) is 17.4 Å². The summed E-state index contributed by atoms with van der Waals surface area (Å²) in [6.45, 7) is -0.473. The first-order chi connectivity index (χ1) is 14.1. The molecule has 7 nitrogen and oxygen atoms in total. The molecule has 0 spiro atoms. The van der Waals surface area contributed by atoms with Crippen LogP contribution < -0.4 is 15.4 Å². The number of carbonyl (C=O) groups is 1. The lowest BCUT2D eigenvalue weighted by Crippen LogP contribution is -2.50. The number of hydrogen-bond donors (Lipinski definition) is 3. The number of rotatable bonds is 7. The Morgan fingerprint density at radius 1 is 1.52 bits per heavy atom. The van der Waals surface area contributed by atoms with Crippen LogP contribution >= 0.6 is 11.3 Å². The van der Waals surface area contributed by atoms with Gasteiger partial charge in [-0.15, -0.1) is 0 Å². The number of aliphatic hydroxyl groups excluding tert-OH is 1. The number of nitriles is 1. The van der Waals surface area contributed by atoms with Gasteiger partial charge in [0, 0.05) is 23.4 Å². The van der Waals surface area contributed by atoms with Gasteiger partial charge >= 0.3 is 0 Å². The average Bonchev–Trinajstić information content (AvgIpc) is 3.46. The highest BCUT2D eigenvalue weighted by molar-refractivity contribution is 7.11. The van der Waals surface area contributed by atoms with Gasteiger partial charge in [-0.25, -0.2) is 9.37 Å². The third-order valence-electron chi connectivity index (χ3n) is 5.56. The Hall–Kier alpha value is -2.54. The van der Waals surface area contributed by atoms with Crippen molar-refractivity contribution in [2.45, 2.75) is 43.8 Å². The summed E-state index contributed by atoms with van der Waals surface area (Å²) in [5, 5.41) is 26.3. The van der Waals surface area contributed by atoms with Gasteiger partial charge in [0.15, 0.2) is 6.79 Å². The molecule has 1 aliphatic carbocycles. The summed E-state index contributed by atoms with van der Waals surface area (Å²) >= 11 is 1.20. The van der Waals surface area contributed by atoms with Crippen molar-refractivity contribution in [2.24, 2.45) is 5.92 Å².